The number of hydrogen-bond acceptors (Lipinski definition) is 6. The molecule has 1 fully saturated rings. The van der Waals surface area contributed by atoms with Crippen LogP contribution in [-0.2, 0) is 25.5 Å². The summed E-state index contributed by atoms with van der Waals surface area (Å²) in [7, 11) is 0. The number of carbonyl (C=O) groups is 3. The van der Waals surface area contributed by atoms with E-state index in [1.807, 2.05) is 30.3 Å². The van der Waals surface area contributed by atoms with Crippen molar-refractivity contribution in [2.24, 2.45) is 0 Å². The topological polar surface area (TPSA) is 87.2 Å². The second-order valence-corrected chi connectivity index (χ2v) is 7.34. The first-order chi connectivity index (χ1) is 13.4. The van der Waals surface area contributed by atoms with Crippen LogP contribution in [0.2, 0.25) is 0 Å². The molecule has 0 saturated carbocycles. The first-order valence-corrected chi connectivity index (χ1v) is 9.97. The molecule has 3 atom stereocenters. The predicted molar refractivity (Wildman–Crippen MR) is 108 cm³/mol. The van der Waals surface area contributed by atoms with Gasteiger partial charge < -0.3 is 14.7 Å². The molecule has 2 rings (SSSR count). The van der Waals surface area contributed by atoms with Crippen molar-refractivity contribution in [2.75, 3.05) is 13.2 Å². The van der Waals surface area contributed by atoms with E-state index in [2.05, 4.69) is 12.8 Å². The van der Waals surface area contributed by atoms with Crippen LogP contribution in [0.25, 0.3) is 0 Å². The van der Waals surface area contributed by atoms with Gasteiger partial charge in [0.15, 0.2) is 0 Å². The van der Waals surface area contributed by atoms with Crippen molar-refractivity contribution in [1.29, 1.82) is 0 Å². The molecule has 7 nitrogen and oxygen atoms in total. The molecule has 1 aromatic rings. The summed E-state index contributed by atoms with van der Waals surface area (Å²) in [5, 5.41) is 9.33. The summed E-state index contributed by atoms with van der Waals surface area (Å²) >= 11 is 4.45. The molecule has 0 radical (unpaired) electrons. The molecule has 1 amide bonds. The molecule has 1 aliphatic rings. The van der Waals surface area contributed by atoms with Gasteiger partial charge in [-0.25, -0.2) is 9.10 Å². The Bertz CT molecular complexity index is 684. The van der Waals surface area contributed by atoms with E-state index in [1.165, 1.54) is 9.21 Å². The monoisotopic (exact) mass is 408 g/mol. The molecular formula is C20H28N2O5S. The maximum Gasteiger partial charge on any atom is 0.326 e. The normalized spacial score (nSPS) is 18.7. The largest absolute Gasteiger partial charge is 0.480 e. The molecule has 0 spiro atoms. The average molecular weight is 409 g/mol. The van der Waals surface area contributed by atoms with E-state index in [4.69, 9.17) is 4.74 Å². The van der Waals surface area contributed by atoms with Crippen molar-refractivity contribution in [3.8, 4) is 0 Å². The highest BCUT2D eigenvalue weighted by atomic mass is 32.1. The van der Waals surface area contributed by atoms with E-state index >= 15 is 0 Å². The van der Waals surface area contributed by atoms with E-state index in [9.17, 15) is 19.5 Å². The highest BCUT2D eigenvalue weighted by molar-refractivity contribution is 7.77. The second-order valence-electron chi connectivity index (χ2n) is 6.88. The Morgan fingerprint density at radius 1 is 1.32 bits per heavy atom. The molecule has 1 aliphatic heterocycles. The molecule has 1 aromatic carbocycles. The van der Waals surface area contributed by atoms with Gasteiger partial charge in [0.1, 0.15) is 12.1 Å². The molecule has 1 saturated heterocycles. The number of carbonyl (C=O) groups excluding carboxylic acids is 2. The molecule has 0 bridgehead atoms. The van der Waals surface area contributed by atoms with Crippen LogP contribution in [-0.4, -0.2) is 63.4 Å². The number of carboxylic acid groups (broad SMARTS) is 1. The third-order valence-electron chi connectivity index (χ3n) is 5.00. The van der Waals surface area contributed by atoms with Gasteiger partial charge in [-0.3, -0.25) is 9.59 Å². The molecular weight excluding hydrogens is 380 g/mol. The smallest absolute Gasteiger partial charge is 0.326 e. The van der Waals surface area contributed by atoms with Gasteiger partial charge in [-0.1, -0.05) is 43.1 Å². The molecule has 154 valence electrons. The van der Waals surface area contributed by atoms with E-state index in [-0.39, 0.29) is 12.5 Å². The van der Waals surface area contributed by atoms with Crippen molar-refractivity contribution in [3.63, 3.8) is 0 Å². The SMILES string of the molecule is CCOC(=O)C(CCc1ccccc1)N(S)C(C)C(=O)N1CCCC1C(=O)O. The Morgan fingerprint density at radius 2 is 2.00 bits per heavy atom. The predicted octanol–water partition coefficient (Wildman–Crippen LogP) is 2.16. The summed E-state index contributed by atoms with van der Waals surface area (Å²) in [6.45, 7) is 4.00. The summed E-state index contributed by atoms with van der Waals surface area (Å²) in [6.07, 6.45) is 2.16. The molecule has 0 aliphatic carbocycles. The van der Waals surface area contributed by atoms with Crippen molar-refractivity contribution >= 4 is 30.7 Å². The Balaban J connectivity index is 2.10. The summed E-state index contributed by atoms with van der Waals surface area (Å²) in [5.74, 6) is -1.78. The molecule has 1 heterocycles. The van der Waals surface area contributed by atoms with Crippen LogP contribution >= 0.6 is 12.8 Å². The quantitative estimate of drug-likeness (QED) is 0.481. The van der Waals surface area contributed by atoms with Gasteiger partial charge in [0.25, 0.3) is 0 Å². The van der Waals surface area contributed by atoms with Crippen LogP contribution < -0.4 is 0 Å². The maximum absolute atomic E-state index is 12.9. The zero-order valence-electron chi connectivity index (χ0n) is 16.3. The number of amides is 1. The van der Waals surface area contributed by atoms with Gasteiger partial charge in [0.2, 0.25) is 5.91 Å². The van der Waals surface area contributed by atoms with Gasteiger partial charge in [0, 0.05) is 6.54 Å². The molecule has 28 heavy (non-hydrogen) atoms. The summed E-state index contributed by atoms with van der Waals surface area (Å²) in [4.78, 5) is 38.1. The second kappa shape index (κ2) is 10.5. The lowest BCUT2D eigenvalue weighted by Crippen LogP contribution is -2.52. The van der Waals surface area contributed by atoms with Crippen LogP contribution in [0, 0.1) is 0 Å². The number of ether oxygens (including phenoxy) is 1. The van der Waals surface area contributed by atoms with Crippen LogP contribution in [0.1, 0.15) is 38.7 Å². The number of aryl methyl sites for hydroxylation is 1. The third-order valence-corrected chi connectivity index (χ3v) is 5.63. The van der Waals surface area contributed by atoms with Crippen LogP contribution in [0.5, 0.6) is 0 Å². The number of benzene rings is 1. The van der Waals surface area contributed by atoms with Crippen molar-refractivity contribution in [3.05, 3.63) is 35.9 Å². The minimum absolute atomic E-state index is 0.234. The molecule has 3 unspecified atom stereocenters. The first-order valence-electron chi connectivity index (χ1n) is 9.57. The lowest BCUT2D eigenvalue weighted by Gasteiger charge is -2.33. The lowest BCUT2D eigenvalue weighted by atomic mass is 10.0. The van der Waals surface area contributed by atoms with Crippen LogP contribution in [0.15, 0.2) is 30.3 Å². The van der Waals surface area contributed by atoms with E-state index in [1.54, 1.807) is 13.8 Å². The van der Waals surface area contributed by atoms with Crippen LogP contribution in [0.3, 0.4) is 0 Å². The highest BCUT2D eigenvalue weighted by Gasteiger charge is 2.39. The number of thiol groups is 1. The Labute approximate surface area is 171 Å². The van der Waals surface area contributed by atoms with Gasteiger partial charge in [-0.05, 0) is 45.1 Å². The Kier molecular flexibility index (Phi) is 8.32. The van der Waals surface area contributed by atoms with E-state index < -0.39 is 30.1 Å². The van der Waals surface area contributed by atoms with Gasteiger partial charge in [0.05, 0.1) is 12.6 Å². The minimum atomic E-state index is -1.00. The fourth-order valence-corrected chi connectivity index (χ4v) is 3.76. The van der Waals surface area contributed by atoms with Gasteiger partial charge in [-0.2, -0.15) is 0 Å². The van der Waals surface area contributed by atoms with Crippen LogP contribution in [0.4, 0.5) is 0 Å². The summed E-state index contributed by atoms with van der Waals surface area (Å²) < 4.78 is 6.58. The zero-order chi connectivity index (χ0) is 20.7. The highest BCUT2D eigenvalue weighted by Crippen LogP contribution is 2.23. The van der Waals surface area contributed by atoms with Crippen molar-refractivity contribution in [1.82, 2.24) is 9.21 Å². The number of esters is 1. The minimum Gasteiger partial charge on any atom is -0.480 e. The number of hydrogen-bond donors (Lipinski definition) is 2. The fraction of sp³-hybridized carbons (Fsp3) is 0.550. The van der Waals surface area contributed by atoms with Crippen molar-refractivity contribution in [2.45, 2.75) is 57.7 Å². The van der Waals surface area contributed by atoms with E-state index in [0.29, 0.717) is 32.2 Å². The maximum atomic E-state index is 12.9. The van der Waals surface area contributed by atoms with E-state index in [0.717, 1.165) is 5.56 Å². The average Bonchev–Trinajstić information content (AvgIpc) is 3.18. The molecule has 1 N–H and O–H groups in total. The summed E-state index contributed by atoms with van der Waals surface area (Å²) in [6, 6.07) is 7.44. The van der Waals surface area contributed by atoms with Gasteiger partial charge in [-0.15, -0.1) is 0 Å². The molecule has 8 heteroatoms. The van der Waals surface area contributed by atoms with Crippen molar-refractivity contribution < 1.29 is 24.2 Å². The number of nitrogens with zero attached hydrogens (tertiary/aromatic N) is 2. The molecule has 0 aromatic heterocycles. The Morgan fingerprint density at radius 3 is 2.61 bits per heavy atom. The number of aliphatic carboxylic acids is 1. The fourth-order valence-electron chi connectivity index (χ4n) is 3.45. The summed E-state index contributed by atoms with van der Waals surface area (Å²) in [5.41, 5.74) is 1.07. The number of carboxylic acids is 1. The number of rotatable bonds is 9. The van der Waals surface area contributed by atoms with Gasteiger partial charge >= 0.3 is 11.9 Å². The first kappa shape index (κ1) is 22.2. The lowest BCUT2D eigenvalue weighted by molar-refractivity contribution is -0.152. The zero-order valence-corrected chi connectivity index (χ0v) is 17.2. The third kappa shape index (κ3) is 5.48. The number of likely N-dealkylation sites (tertiary alicyclic amines) is 1. The Hall–Kier alpha value is -2.06. The standard InChI is InChI=1S/C20H28N2O5S/c1-3-27-20(26)17(12-11-15-8-5-4-6-9-15)22(28)14(2)18(23)21-13-7-10-16(21)19(24)25/h4-6,8-9,14,16-17,28H,3,7,10-13H2,1-2H3,(H,24,25).